The molecule has 6 heterocycles. The van der Waals surface area contributed by atoms with Crippen LogP contribution in [0.15, 0.2) is 12.1 Å². The number of hydrogen-bond acceptors (Lipinski definition) is 10. The number of anilines is 2. The molecule has 0 saturated carbocycles. The minimum atomic E-state index is -5.02. The number of aromatic nitrogens is 3. The fourth-order valence-electron chi connectivity index (χ4n) is 7.14. The SMILES string of the molecule is CN1CCC2(CS(=O)(=O)C2)Oc2nc(-c3cc(N)cc(Cl)c3C(F)(F)F)c(F)c3nc(OC[C@@]45CCCN4C[C@H](F)C5)nc1c23. The van der Waals surface area contributed by atoms with Gasteiger partial charge in [-0.05, 0) is 31.5 Å². The number of fused-ring (bicyclic) bond motifs is 1. The smallest absolute Gasteiger partial charge is 0.418 e. The number of nitrogens with two attached hydrogens (primary N) is 1. The second-order valence-corrected chi connectivity index (χ2v) is 14.9. The Kier molecular flexibility index (Phi) is 6.85. The molecule has 2 aromatic heterocycles. The van der Waals surface area contributed by atoms with E-state index in [-0.39, 0.29) is 72.8 Å². The standard InChI is InChI=1S/C28H28ClF5N6O4S/c1-39-6-4-27(12-45(41,42)13-27)44-24-18-22(20(31)21(36-24)16-7-15(35)8-17(29)19(16)28(32,33)34)37-25(38-23(18)39)43-11-26-3-2-5-40(26)10-14(30)9-26/h7-8,14H,2-6,9-13,35H2,1H3/t14-,26+/m1/s1. The Morgan fingerprint density at radius 1 is 1.18 bits per heavy atom. The Labute approximate surface area is 259 Å². The van der Waals surface area contributed by atoms with Crippen molar-refractivity contribution in [2.45, 2.75) is 49.2 Å². The summed E-state index contributed by atoms with van der Waals surface area (Å²) >= 11 is 5.98. The third-order valence-corrected chi connectivity index (χ3v) is 11.4. The van der Waals surface area contributed by atoms with Crippen LogP contribution in [0.3, 0.4) is 0 Å². The summed E-state index contributed by atoms with van der Waals surface area (Å²) in [4.78, 5) is 16.7. The average Bonchev–Trinajstić information content (AvgIpc) is 3.44. The number of pyridine rings is 1. The highest BCUT2D eigenvalue weighted by Gasteiger charge is 2.53. The van der Waals surface area contributed by atoms with E-state index in [2.05, 4.69) is 15.0 Å². The third kappa shape index (κ3) is 5.08. The van der Waals surface area contributed by atoms with Crippen molar-refractivity contribution in [2.24, 2.45) is 0 Å². The van der Waals surface area contributed by atoms with Gasteiger partial charge in [0.1, 0.15) is 40.8 Å². The van der Waals surface area contributed by atoms with Gasteiger partial charge in [-0.3, -0.25) is 4.90 Å². The summed E-state index contributed by atoms with van der Waals surface area (Å²) in [7, 11) is -1.79. The van der Waals surface area contributed by atoms with Crippen LogP contribution >= 0.6 is 11.6 Å². The Morgan fingerprint density at radius 2 is 1.93 bits per heavy atom. The molecule has 4 aliphatic rings. The van der Waals surface area contributed by atoms with Crippen molar-refractivity contribution in [2.75, 3.05) is 55.4 Å². The van der Waals surface area contributed by atoms with E-state index in [0.717, 1.165) is 18.6 Å². The lowest BCUT2D eigenvalue weighted by Gasteiger charge is -2.43. The lowest BCUT2D eigenvalue weighted by Crippen LogP contribution is -2.60. The van der Waals surface area contributed by atoms with Gasteiger partial charge in [0.2, 0.25) is 5.88 Å². The van der Waals surface area contributed by atoms with Crippen LogP contribution in [0.4, 0.5) is 33.5 Å². The number of hydrogen-bond donors (Lipinski definition) is 1. The zero-order valence-corrected chi connectivity index (χ0v) is 25.5. The molecule has 10 nitrogen and oxygen atoms in total. The molecule has 242 valence electrons. The summed E-state index contributed by atoms with van der Waals surface area (Å²) in [5.74, 6) is -2.17. The first kappa shape index (κ1) is 30.4. The van der Waals surface area contributed by atoms with E-state index in [1.54, 1.807) is 11.9 Å². The number of halogens is 6. The molecule has 7 rings (SSSR count). The highest BCUT2D eigenvalue weighted by atomic mass is 35.5. The minimum Gasteiger partial charge on any atom is -0.468 e. The van der Waals surface area contributed by atoms with E-state index in [1.165, 1.54) is 0 Å². The van der Waals surface area contributed by atoms with Gasteiger partial charge in [-0.25, -0.2) is 22.2 Å². The van der Waals surface area contributed by atoms with Crippen molar-refractivity contribution in [1.29, 1.82) is 0 Å². The number of sulfone groups is 1. The van der Waals surface area contributed by atoms with E-state index in [4.69, 9.17) is 26.8 Å². The maximum absolute atomic E-state index is 16.6. The Balaban J connectivity index is 1.43. The van der Waals surface area contributed by atoms with E-state index >= 15 is 4.39 Å². The topological polar surface area (TPSA) is 124 Å². The summed E-state index contributed by atoms with van der Waals surface area (Å²) in [6, 6.07) is 1.53. The molecule has 45 heavy (non-hydrogen) atoms. The van der Waals surface area contributed by atoms with Crippen LogP contribution in [0.5, 0.6) is 11.9 Å². The predicted molar refractivity (Wildman–Crippen MR) is 156 cm³/mol. The number of nitrogens with zero attached hydrogens (tertiary/aromatic N) is 5. The van der Waals surface area contributed by atoms with Crippen LogP contribution < -0.4 is 20.1 Å². The van der Waals surface area contributed by atoms with Gasteiger partial charge in [0.15, 0.2) is 15.7 Å². The summed E-state index contributed by atoms with van der Waals surface area (Å²) in [5.41, 5.74) is 0.469. The Bertz CT molecular complexity index is 1830. The van der Waals surface area contributed by atoms with Gasteiger partial charge < -0.3 is 20.1 Å². The number of alkyl halides is 4. The van der Waals surface area contributed by atoms with E-state index in [0.29, 0.717) is 13.0 Å². The molecule has 0 radical (unpaired) electrons. The van der Waals surface area contributed by atoms with Crippen LogP contribution in [-0.2, 0) is 16.0 Å². The zero-order valence-electron chi connectivity index (χ0n) is 23.9. The van der Waals surface area contributed by atoms with Crippen molar-refractivity contribution < 1.29 is 39.8 Å². The Hall–Kier alpha value is -3.24. The molecule has 1 aromatic carbocycles. The molecule has 3 saturated heterocycles. The molecule has 0 aliphatic carbocycles. The molecular formula is C28H28ClF5N6O4S. The van der Waals surface area contributed by atoms with Gasteiger partial charge in [-0.2, -0.15) is 23.1 Å². The molecule has 3 fully saturated rings. The van der Waals surface area contributed by atoms with Crippen molar-refractivity contribution >= 4 is 43.8 Å². The van der Waals surface area contributed by atoms with Crippen molar-refractivity contribution in [3.63, 3.8) is 0 Å². The fourth-order valence-corrected chi connectivity index (χ4v) is 9.40. The highest BCUT2D eigenvalue weighted by molar-refractivity contribution is 7.93. The zero-order chi connectivity index (χ0) is 32.1. The lowest BCUT2D eigenvalue weighted by atomic mass is 9.95. The van der Waals surface area contributed by atoms with E-state index in [9.17, 15) is 26.0 Å². The lowest BCUT2D eigenvalue weighted by molar-refractivity contribution is -0.137. The molecule has 0 amide bonds. The fraction of sp³-hybridized carbons (Fsp3) is 0.536. The quantitative estimate of drug-likeness (QED) is 0.314. The average molecular weight is 675 g/mol. The van der Waals surface area contributed by atoms with Crippen LogP contribution in [0.25, 0.3) is 22.2 Å². The molecule has 2 N–H and O–H groups in total. The summed E-state index contributed by atoms with van der Waals surface area (Å²) in [6.07, 6.45) is -4.04. The first-order chi connectivity index (χ1) is 21.1. The third-order valence-electron chi connectivity index (χ3n) is 9.14. The second-order valence-electron chi connectivity index (χ2n) is 12.4. The summed E-state index contributed by atoms with van der Waals surface area (Å²) < 4.78 is 110. The molecule has 17 heteroatoms. The van der Waals surface area contributed by atoms with Gasteiger partial charge in [0.05, 0.1) is 27.6 Å². The molecule has 2 atom stereocenters. The van der Waals surface area contributed by atoms with Crippen LogP contribution in [-0.4, -0.2) is 90.4 Å². The van der Waals surface area contributed by atoms with E-state index < -0.39 is 66.5 Å². The molecule has 4 aliphatic heterocycles. The highest BCUT2D eigenvalue weighted by Crippen LogP contribution is 2.48. The summed E-state index contributed by atoms with van der Waals surface area (Å²) in [5, 5.41) is -0.831. The number of ether oxygens (including phenoxy) is 2. The Morgan fingerprint density at radius 3 is 2.64 bits per heavy atom. The van der Waals surface area contributed by atoms with Crippen LogP contribution in [0.1, 0.15) is 31.2 Å². The molecule has 0 bridgehead atoms. The van der Waals surface area contributed by atoms with Gasteiger partial charge in [0, 0.05) is 44.2 Å². The van der Waals surface area contributed by atoms with E-state index in [1.807, 2.05) is 4.90 Å². The van der Waals surface area contributed by atoms with Gasteiger partial charge in [-0.15, -0.1) is 0 Å². The number of rotatable bonds is 4. The maximum atomic E-state index is 16.6. The monoisotopic (exact) mass is 674 g/mol. The van der Waals surface area contributed by atoms with Crippen molar-refractivity contribution in [3.05, 3.63) is 28.5 Å². The van der Waals surface area contributed by atoms with Crippen molar-refractivity contribution in [3.8, 4) is 23.1 Å². The molecule has 3 aromatic rings. The minimum absolute atomic E-state index is 0.0228. The summed E-state index contributed by atoms with van der Waals surface area (Å²) in [6.45, 7) is 1.26. The van der Waals surface area contributed by atoms with Crippen molar-refractivity contribution in [1.82, 2.24) is 19.9 Å². The molecular weight excluding hydrogens is 647 g/mol. The second kappa shape index (κ2) is 10.1. The normalized spacial score (nSPS) is 25.5. The van der Waals surface area contributed by atoms with Crippen LogP contribution in [0, 0.1) is 5.82 Å². The largest absolute Gasteiger partial charge is 0.468 e. The maximum Gasteiger partial charge on any atom is 0.418 e. The molecule has 0 unspecified atom stereocenters. The van der Waals surface area contributed by atoms with Gasteiger partial charge >= 0.3 is 12.2 Å². The van der Waals surface area contributed by atoms with Gasteiger partial charge in [0.25, 0.3) is 0 Å². The predicted octanol–water partition coefficient (Wildman–Crippen LogP) is 4.43. The van der Waals surface area contributed by atoms with Gasteiger partial charge in [-0.1, -0.05) is 11.6 Å². The number of nitrogen functional groups attached to an aromatic ring is 1. The first-order valence-corrected chi connectivity index (χ1v) is 16.5. The molecule has 1 spiro atoms. The number of benzene rings is 1. The first-order valence-electron chi connectivity index (χ1n) is 14.3. The van der Waals surface area contributed by atoms with Crippen LogP contribution in [0.2, 0.25) is 5.02 Å².